The maximum absolute atomic E-state index is 3.66. The number of nitrogens with one attached hydrogen (secondary N) is 1. The lowest BCUT2D eigenvalue weighted by Gasteiger charge is -2.21. The van der Waals surface area contributed by atoms with Crippen molar-refractivity contribution in [1.82, 2.24) is 5.32 Å². The average molecular weight is 273 g/mol. The Hall–Kier alpha value is -0.820. The molecule has 0 aromatic heterocycles. The number of hydrogen-bond acceptors (Lipinski definition) is 1. The molecule has 0 spiro atoms. The summed E-state index contributed by atoms with van der Waals surface area (Å²) in [4.78, 5) is 0. The molecule has 1 unspecified atom stereocenters. The molecule has 1 aliphatic carbocycles. The highest BCUT2D eigenvalue weighted by atomic mass is 14.9. The van der Waals surface area contributed by atoms with Crippen molar-refractivity contribution in [1.29, 1.82) is 0 Å². The lowest BCUT2D eigenvalue weighted by Crippen LogP contribution is -2.25. The molecule has 1 saturated carbocycles. The van der Waals surface area contributed by atoms with Crippen LogP contribution in [-0.2, 0) is 0 Å². The van der Waals surface area contributed by atoms with Gasteiger partial charge in [-0.05, 0) is 42.7 Å². The molecule has 0 heterocycles. The van der Waals surface area contributed by atoms with E-state index < -0.39 is 0 Å². The predicted octanol–water partition coefficient (Wildman–Crippen LogP) is 4.99. The van der Waals surface area contributed by atoms with Crippen molar-refractivity contribution in [3.63, 3.8) is 0 Å². The number of benzene rings is 1. The second-order valence-electron chi connectivity index (χ2n) is 6.89. The predicted molar refractivity (Wildman–Crippen MR) is 88.1 cm³/mol. The van der Waals surface area contributed by atoms with Crippen molar-refractivity contribution in [3.8, 4) is 0 Å². The summed E-state index contributed by atoms with van der Waals surface area (Å²) in [6.45, 7) is 6.83. The largest absolute Gasteiger partial charge is 0.316 e. The summed E-state index contributed by atoms with van der Waals surface area (Å²) >= 11 is 0. The molecular weight excluding hydrogens is 242 g/mol. The molecule has 1 nitrogen and oxygen atoms in total. The first-order valence-corrected chi connectivity index (χ1v) is 8.51. The quantitative estimate of drug-likeness (QED) is 0.704. The third kappa shape index (κ3) is 5.28. The van der Waals surface area contributed by atoms with Gasteiger partial charge in [0.2, 0.25) is 0 Å². The van der Waals surface area contributed by atoms with E-state index in [-0.39, 0.29) is 0 Å². The fourth-order valence-corrected chi connectivity index (χ4v) is 3.39. The molecule has 0 aliphatic heterocycles. The molecule has 0 amide bonds. The van der Waals surface area contributed by atoms with Crippen LogP contribution < -0.4 is 5.32 Å². The maximum Gasteiger partial charge on any atom is 0.00202 e. The lowest BCUT2D eigenvalue weighted by atomic mass is 9.89. The zero-order valence-corrected chi connectivity index (χ0v) is 13.3. The van der Waals surface area contributed by atoms with Gasteiger partial charge in [0.25, 0.3) is 0 Å². The van der Waals surface area contributed by atoms with Crippen LogP contribution in [0.15, 0.2) is 30.3 Å². The summed E-state index contributed by atoms with van der Waals surface area (Å²) in [5.41, 5.74) is 1.52. The molecule has 0 radical (unpaired) electrons. The van der Waals surface area contributed by atoms with E-state index in [1.54, 1.807) is 0 Å². The van der Waals surface area contributed by atoms with Gasteiger partial charge in [0.05, 0.1) is 0 Å². The topological polar surface area (TPSA) is 12.0 Å². The molecule has 112 valence electrons. The highest BCUT2D eigenvalue weighted by molar-refractivity contribution is 5.19. The van der Waals surface area contributed by atoms with Crippen molar-refractivity contribution in [3.05, 3.63) is 35.9 Å². The first kappa shape index (κ1) is 15.6. The molecule has 2 rings (SSSR count). The van der Waals surface area contributed by atoms with E-state index in [9.17, 15) is 0 Å². The van der Waals surface area contributed by atoms with Gasteiger partial charge in [0, 0.05) is 6.54 Å². The molecule has 1 N–H and O–H groups in total. The Balaban J connectivity index is 1.85. The van der Waals surface area contributed by atoms with E-state index in [2.05, 4.69) is 49.5 Å². The number of hydrogen-bond donors (Lipinski definition) is 1. The van der Waals surface area contributed by atoms with Gasteiger partial charge in [0.1, 0.15) is 0 Å². The normalized spacial score (nSPS) is 17.8. The van der Waals surface area contributed by atoms with Crippen LogP contribution in [-0.4, -0.2) is 13.1 Å². The van der Waals surface area contributed by atoms with Gasteiger partial charge in [0.15, 0.2) is 0 Å². The molecule has 0 bridgehead atoms. The Bertz CT molecular complexity index is 351. The summed E-state index contributed by atoms with van der Waals surface area (Å²) in [6, 6.07) is 11.1. The maximum atomic E-state index is 3.66. The van der Waals surface area contributed by atoms with E-state index >= 15 is 0 Å². The Kier molecular flexibility index (Phi) is 6.59. The number of rotatable bonds is 8. The van der Waals surface area contributed by atoms with Gasteiger partial charge < -0.3 is 5.32 Å². The minimum atomic E-state index is 0.690. The van der Waals surface area contributed by atoms with Crippen LogP contribution in [0.4, 0.5) is 0 Å². The van der Waals surface area contributed by atoms with Gasteiger partial charge in [-0.1, -0.05) is 69.9 Å². The average Bonchev–Trinajstić information content (AvgIpc) is 2.96. The third-order valence-corrected chi connectivity index (χ3v) is 4.61. The van der Waals surface area contributed by atoms with Gasteiger partial charge in [-0.2, -0.15) is 0 Å². The van der Waals surface area contributed by atoms with Gasteiger partial charge in [-0.3, -0.25) is 0 Å². The smallest absolute Gasteiger partial charge is 0.00202 e. The Labute approximate surface area is 125 Å². The molecule has 20 heavy (non-hydrogen) atoms. The summed E-state index contributed by atoms with van der Waals surface area (Å²) in [7, 11) is 0. The van der Waals surface area contributed by atoms with Crippen LogP contribution in [0, 0.1) is 11.8 Å². The minimum Gasteiger partial charge on any atom is -0.316 e. The van der Waals surface area contributed by atoms with E-state index in [1.165, 1.54) is 44.1 Å². The van der Waals surface area contributed by atoms with Crippen molar-refractivity contribution in [2.75, 3.05) is 13.1 Å². The SMILES string of the molecule is CC(C)CNCC(CCC1CCCC1)c1ccccc1. The van der Waals surface area contributed by atoms with Crippen LogP contribution in [0.3, 0.4) is 0 Å². The van der Waals surface area contributed by atoms with Crippen LogP contribution >= 0.6 is 0 Å². The standard InChI is InChI=1S/C19H31N/c1-16(2)14-20-15-19(18-10-4-3-5-11-18)13-12-17-8-6-7-9-17/h3-5,10-11,16-17,19-20H,6-9,12-15H2,1-2H3. The zero-order chi connectivity index (χ0) is 14.2. The van der Waals surface area contributed by atoms with Crippen molar-refractivity contribution >= 4 is 0 Å². The summed E-state index contributed by atoms with van der Waals surface area (Å²) in [6.07, 6.45) is 8.64. The van der Waals surface area contributed by atoms with Crippen LogP contribution in [0.1, 0.15) is 63.9 Å². The summed E-state index contributed by atoms with van der Waals surface area (Å²) in [5, 5.41) is 3.66. The van der Waals surface area contributed by atoms with Gasteiger partial charge >= 0.3 is 0 Å². The van der Waals surface area contributed by atoms with E-state index in [0.29, 0.717) is 5.92 Å². The Morgan fingerprint density at radius 1 is 1.05 bits per heavy atom. The van der Waals surface area contributed by atoms with E-state index in [0.717, 1.165) is 24.9 Å². The first-order chi connectivity index (χ1) is 9.75. The van der Waals surface area contributed by atoms with E-state index in [1.807, 2.05) is 0 Å². The van der Waals surface area contributed by atoms with Gasteiger partial charge in [-0.15, -0.1) is 0 Å². The highest BCUT2D eigenvalue weighted by Gasteiger charge is 2.18. The fraction of sp³-hybridized carbons (Fsp3) is 0.684. The summed E-state index contributed by atoms with van der Waals surface area (Å²) in [5.74, 6) is 2.43. The monoisotopic (exact) mass is 273 g/mol. The van der Waals surface area contributed by atoms with E-state index in [4.69, 9.17) is 0 Å². The molecule has 1 atom stereocenters. The minimum absolute atomic E-state index is 0.690. The van der Waals surface area contributed by atoms with Crippen molar-refractivity contribution in [2.24, 2.45) is 11.8 Å². The van der Waals surface area contributed by atoms with Crippen LogP contribution in [0.25, 0.3) is 0 Å². The Morgan fingerprint density at radius 3 is 2.40 bits per heavy atom. The van der Waals surface area contributed by atoms with Crippen molar-refractivity contribution in [2.45, 2.75) is 58.3 Å². The lowest BCUT2D eigenvalue weighted by molar-refractivity contribution is 0.429. The molecule has 0 saturated heterocycles. The molecule has 1 aliphatic rings. The molecular formula is C19H31N. The summed E-state index contributed by atoms with van der Waals surface area (Å²) < 4.78 is 0. The van der Waals surface area contributed by atoms with Crippen molar-refractivity contribution < 1.29 is 0 Å². The molecule has 1 aromatic carbocycles. The first-order valence-electron chi connectivity index (χ1n) is 8.51. The van der Waals surface area contributed by atoms with Crippen LogP contribution in [0.5, 0.6) is 0 Å². The third-order valence-electron chi connectivity index (χ3n) is 4.61. The second kappa shape index (κ2) is 8.46. The fourth-order valence-electron chi connectivity index (χ4n) is 3.39. The highest BCUT2D eigenvalue weighted by Crippen LogP contribution is 2.32. The van der Waals surface area contributed by atoms with Gasteiger partial charge in [-0.25, -0.2) is 0 Å². The Morgan fingerprint density at radius 2 is 1.75 bits per heavy atom. The molecule has 1 aromatic rings. The zero-order valence-electron chi connectivity index (χ0n) is 13.3. The molecule has 1 fully saturated rings. The van der Waals surface area contributed by atoms with Crippen LogP contribution in [0.2, 0.25) is 0 Å². The molecule has 1 heteroatoms. The second-order valence-corrected chi connectivity index (χ2v) is 6.89.